The molecular weight excluding hydrogens is 392 g/mol. The van der Waals surface area contributed by atoms with Gasteiger partial charge in [-0.05, 0) is 27.7 Å². The lowest BCUT2D eigenvalue weighted by molar-refractivity contribution is -0.174. The number of thioether (sulfide) groups is 2. The second kappa shape index (κ2) is 8.42. The number of hydrogen-bond acceptors (Lipinski definition) is 9. The first-order valence-electron chi connectivity index (χ1n) is 8.62. The van der Waals surface area contributed by atoms with Crippen LogP contribution >= 0.6 is 23.5 Å². The third kappa shape index (κ3) is 4.61. The van der Waals surface area contributed by atoms with Crippen LogP contribution in [0.15, 0.2) is 9.93 Å². The number of amides is 1. The fourth-order valence-corrected chi connectivity index (χ4v) is 5.56. The zero-order valence-corrected chi connectivity index (χ0v) is 17.7. The van der Waals surface area contributed by atoms with Gasteiger partial charge in [-0.1, -0.05) is 18.7 Å². The SMILES string of the molecule is CC(CN)SC1=C(C(=O)OCOC(=O)C(C)(C)C)N2C(=O)C(C(C)O)[C@H]2S1. The second-order valence-electron chi connectivity index (χ2n) is 7.51. The van der Waals surface area contributed by atoms with E-state index in [-0.39, 0.29) is 22.2 Å². The van der Waals surface area contributed by atoms with Crippen LogP contribution in [0.5, 0.6) is 0 Å². The molecule has 0 aliphatic carbocycles. The molecule has 2 aliphatic rings. The number of aliphatic hydroxyl groups excluding tert-OH is 1. The molecule has 8 nitrogen and oxygen atoms in total. The van der Waals surface area contributed by atoms with Crippen molar-refractivity contribution in [2.24, 2.45) is 17.1 Å². The average Bonchev–Trinajstić information content (AvgIpc) is 2.87. The average molecular weight is 419 g/mol. The van der Waals surface area contributed by atoms with Gasteiger partial charge < -0.3 is 20.3 Å². The smallest absolute Gasteiger partial charge is 0.359 e. The van der Waals surface area contributed by atoms with Crippen LogP contribution in [-0.4, -0.2) is 57.9 Å². The summed E-state index contributed by atoms with van der Waals surface area (Å²) in [6.45, 7) is 8.41. The Labute approximate surface area is 167 Å². The molecule has 2 aliphatic heterocycles. The standard InChI is InChI=1S/C17H26N2O6S2/c1-8(6-18)26-15-11(14(22)24-7-25-16(23)17(3,4)5)19-12(21)10(9(2)20)13(19)27-15/h8-10,13,20H,6-7,18H2,1-5H3/t8?,9?,10?,13-/m1/s1. The normalized spacial score (nSPS) is 24.3. The van der Waals surface area contributed by atoms with Crippen LogP contribution in [0, 0.1) is 11.3 Å². The van der Waals surface area contributed by atoms with Gasteiger partial charge in [-0.25, -0.2) is 4.79 Å². The van der Waals surface area contributed by atoms with Crippen molar-refractivity contribution in [3.63, 3.8) is 0 Å². The molecule has 1 fully saturated rings. The largest absolute Gasteiger partial charge is 0.427 e. The minimum absolute atomic E-state index is 0.0350. The van der Waals surface area contributed by atoms with Crippen LogP contribution in [0.25, 0.3) is 0 Å². The molecule has 27 heavy (non-hydrogen) atoms. The maximum atomic E-state index is 12.6. The molecule has 152 valence electrons. The van der Waals surface area contributed by atoms with E-state index in [0.29, 0.717) is 10.8 Å². The molecule has 1 saturated heterocycles. The van der Waals surface area contributed by atoms with Crippen molar-refractivity contribution in [2.45, 2.75) is 51.3 Å². The number of hydrogen-bond donors (Lipinski definition) is 2. The lowest BCUT2D eigenvalue weighted by Crippen LogP contribution is -2.60. The Bertz CT molecular complexity index is 658. The second-order valence-corrected chi connectivity index (χ2v) is 10.3. The third-order valence-corrected chi connectivity index (χ3v) is 6.82. The topological polar surface area (TPSA) is 119 Å². The van der Waals surface area contributed by atoms with Crippen molar-refractivity contribution in [3.05, 3.63) is 9.93 Å². The van der Waals surface area contributed by atoms with Gasteiger partial charge in [-0.3, -0.25) is 14.5 Å². The van der Waals surface area contributed by atoms with Crippen LogP contribution in [0.1, 0.15) is 34.6 Å². The van der Waals surface area contributed by atoms with Crippen molar-refractivity contribution >= 4 is 41.4 Å². The summed E-state index contributed by atoms with van der Waals surface area (Å²) < 4.78 is 10.7. The Morgan fingerprint density at radius 3 is 2.48 bits per heavy atom. The molecule has 0 aromatic rings. The highest BCUT2D eigenvalue weighted by Crippen LogP contribution is 2.54. The molecular formula is C17H26N2O6S2. The maximum absolute atomic E-state index is 12.6. The molecule has 0 spiro atoms. The lowest BCUT2D eigenvalue weighted by atomic mass is 9.92. The van der Waals surface area contributed by atoms with Gasteiger partial charge >= 0.3 is 11.9 Å². The quantitative estimate of drug-likeness (QED) is 0.357. The number of esters is 2. The third-order valence-electron chi connectivity index (χ3n) is 4.09. The molecule has 0 saturated carbocycles. The number of fused-ring (bicyclic) bond motifs is 1. The zero-order valence-electron chi connectivity index (χ0n) is 16.1. The lowest BCUT2D eigenvalue weighted by Gasteiger charge is -2.43. The van der Waals surface area contributed by atoms with Gasteiger partial charge in [0.2, 0.25) is 12.7 Å². The first-order valence-corrected chi connectivity index (χ1v) is 10.4. The van der Waals surface area contributed by atoms with Crippen LogP contribution in [0.2, 0.25) is 0 Å². The number of carbonyl (C=O) groups excluding carboxylic acids is 3. The summed E-state index contributed by atoms with van der Waals surface area (Å²) in [7, 11) is 0. The molecule has 4 atom stereocenters. The number of rotatable bonds is 7. The van der Waals surface area contributed by atoms with Gasteiger partial charge in [-0.2, -0.15) is 0 Å². The fourth-order valence-electron chi connectivity index (χ4n) is 2.48. The summed E-state index contributed by atoms with van der Waals surface area (Å²) in [6.07, 6.45) is -0.812. The first kappa shape index (κ1) is 22.1. The van der Waals surface area contributed by atoms with E-state index in [0.717, 1.165) is 0 Å². The van der Waals surface area contributed by atoms with E-state index in [4.69, 9.17) is 15.2 Å². The Morgan fingerprint density at radius 1 is 1.33 bits per heavy atom. The van der Waals surface area contributed by atoms with E-state index in [1.807, 2.05) is 6.92 Å². The highest BCUT2D eigenvalue weighted by molar-refractivity contribution is 8.23. The van der Waals surface area contributed by atoms with Gasteiger partial charge in [0.15, 0.2) is 5.70 Å². The molecule has 0 bridgehead atoms. The number of carbonyl (C=O) groups is 3. The van der Waals surface area contributed by atoms with Gasteiger partial charge in [0, 0.05) is 11.8 Å². The maximum Gasteiger partial charge on any atom is 0.359 e. The summed E-state index contributed by atoms with van der Waals surface area (Å²) in [5, 5.41) is 9.52. The van der Waals surface area contributed by atoms with E-state index in [2.05, 4.69) is 0 Å². The molecule has 2 heterocycles. The highest BCUT2D eigenvalue weighted by Gasteiger charge is 2.58. The van der Waals surface area contributed by atoms with E-state index in [1.54, 1.807) is 27.7 Å². The van der Waals surface area contributed by atoms with Gasteiger partial charge in [0.1, 0.15) is 5.37 Å². The summed E-state index contributed by atoms with van der Waals surface area (Å²) >= 11 is 2.73. The molecule has 1 amide bonds. The van der Waals surface area contributed by atoms with Crippen molar-refractivity contribution in [3.8, 4) is 0 Å². The molecule has 3 N–H and O–H groups in total. The first-order chi connectivity index (χ1) is 12.5. The highest BCUT2D eigenvalue weighted by atomic mass is 32.2. The fraction of sp³-hybridized carbons (Fsp3) is 0.706. The van der Waals surface area contributed by atoms with Crippen molar-refractivity contribution < 1.29 is 29.0 Å². The molecule has 2 rings (SSSR count). The molecule has 0 aromatic carbocycles. The molecule has 0 aromatic heterocycles. The van der Waals surface area contributed by atoms with E-state index >= 15 is 0 Å². The summed E-state index contributed by atoms with van der Waals surface area (Å²) in [5.74, 6) is -2.13. The number of β-lactam (4-membered cyclic amide) rings is 1. The van der Waals surface area contributed by atoms with Gasteiger partial charge in [0.25, 0.3) is 0 Å². The van der Waals surface area contributed by atoms with Gasteiger partial charge in [-0.15, -0.1) is 11.8 Å². The predicted molar refractivity (Wildman–Crippen MR) is 103 cm³/mol. The monoisotopic (exact) mass is 418 g/mol. The molecule has 3 unspecified atom stereocenters. The van der Waals surface area contributed by atoms with Crippen LogP contribution in [0.3, 0.4) is 0 Å². The van der Waals surface area contributed by atoms with E-state index in [9.17, 15) is 19.5 Å². The Hall–Kier alpha value is -1.23. The van der Waals surface area contributed by atoms with Crippen molar-refractivity contribution in [1.29, 1.82) is 0 Å². The Balaban J connectivity index is 2.11. The van der Waals surface area contributed by atoms with Crippen molar-refractivity contribution in [2.75, 3.05) is 13.3 Å². The van der Waals surface area contributed by atoms with E-state index < -0.39 is 36.2 Å². The van der Waals surface area contributed by atoms with Crippen LogP contribution in [0.4, 0.5) is 0 Å². The zero-order chi connectivity index (χ0) is 20.5. The Kier molecular flexibility index (Phi) is 6.88. The predicted octanol–water partition coefficient (Wildman–Crippen LogP) is 1.24. The van der Waals surface area contributed by atoms with Crippen LogP contribution in [-0.2, 0) is 23.9 Å². The number of ether oxygens (including phenoxy) is 2. The summed E-state index contributed by atoms with van der Waals surface area (Å²) in [4.78, 5) is 38.1. The van der Waals surface area contributed by atoms with Crippen LogP contribution < -0.4 is 5.73 Å². The minimum atomic E-state index is -0.812. The number of nitrogens with zero attached hydrogens (tertiary/aromatic N) is 1. The summed E-state index contributed by atoms with van der Waals surface area (Å²) in [6, 6.07) is 0. The molecule has 10 heteroatoms. The summed E-state index contributed by atoms with van der Waals surface area (Å²) in [5.41, 5.74) is 5.08. The molecule has 0 radical (unpaired) electrons. The minimum Gasteiger partial charge on any atom is -0.427 e. The Morgan fingerprint density at radius 2 is 1.96 bits per heavy atom. The number of nitrogens with two attached hydrogens (primary N) is 1. The van der Waals surface area contributed by atoms with E-state index in [1.165, 1.54) is 28.4 Å². The van der Waals surface area contributed by atoms with Gasteiger partial charge in [0.05, 0.1) is 21.7 Å². The van der Waals surface area contributed by atoms with Crippen molar-refractivity contribution in [1.82, 2.24) is 4.90 Å². The number of aliphatic hydroxyl groups is 1.